The van der Waals surface area contributed by atoms with Crippen molar-refractivity contribution in [3.8, 4) is 0 Å². The van der Waals surface area contributed by atoms with Gasteiger partial charge in [-0.15, -0.1) is 0 Å². The number of carbonyl (C=O) groups is 2. The third-order valence-electron chi connectivity index (χ3n) is 8.45. The molecule has 0 saturated heterocycles. The number of rotatable bonds is 1. The molecule has 0 spiro atoms. The molecule has 126 valence electrons. The molecule has 0 N–H and O–H groups in total. The summed E-state index contributed by atoms with van der Waals surface area (Å²) in [6.45, 7) is 6.65. The molecule has 0 amide bonds. The number of hydrogen-bond acceptors (Lipinski definition) is 2. The molecule has 4 rings (SSSR count). The van der Waals surface area contributed by atoms with Crippen molar-refractivity contribution < 1.29 is 9.59 Å². The number of carbonyl (C=O) groups excluding carboxylic acids is 2. The Labute approximate surface area is 140 Å². The first-order chi connectivity index (χ1) is 10.9. The van der Waals surface area contributed by atoms with Crippen molar-refractivity contribution in [3.63, 3.8) is 0 Å². The average molecular weight is 314 g/mol. The maximum atomic E-state index is 12.1. The molecule has 2 unspecified atom stereocenters. The van der Waals surface area contributed by atoms with Crippen molar-refractivity contribution in [2.75, 3.05) is 0 Å². The summed E-state index contributed by atoms with van der Waals surface area (Å²) in [5.74, 6) is 3.29. The summed E-state index contributed by atoms with van der Waals surface area (Å²) >= 11 is 0. The Morgan fingerprint density at radius 3 is 2.57 bits per heavy atom. The first-order valence-electron chi connectivity index (χ1n) is 9.60. The van der Waals surface area contributed by atoms with Gasteiger partial charge in [0.15, 0.2) is 5.78 Å². The molecule has 23 heavy (non-hydrogen) atoms. The molecule has 0 heterocycles. The minimum atomic E-state index is 0.245. The fraction of sp³-hybridized carbons (Fsp3) is 0.810. The van der Waals surface area contributed by atoms with Crippen LogP contribution in [0.2, 0.25) is 0 Å². The van der Waals surface area contributed by atoms with Crippen LogP contribution in [0.1, 0.15) is 72.1 Å². The molecule has 4 aliphatic rings. The van der Waals surface area contributed by atoms with Crippen molar-refractivity contribution in [3.05, 3.63) is 11.6 Å². The quantitative estimate of drug-likeness (QED) is 0.701. The van der Waals surface area contributed by atoms with Crippen LogP contribution < -0.4 is 0 Å². The minimum absolute atomic E-state index is 0.245. The summed E-state index contributed by atoms with van der Waals surface area (Å²) < 4.78 is 0. The summed E-state index contributed by atoms with van der Waals surface area (Å²) in [7, 11) is 0. The van der Waals surface area contributed by atoms with Gasteiger partial charge in [-0.3, -0.25) is 9.59 Å². The topological polar surface area (TPSA) is 34.1 Å². The predicted molar refractivity (Wildman–Crippen MR) is 90.9 cm³/mol. The van der Waals surface area contributed by atoms with Crippen LogP contribution in [-0.4, -0.2) is 11.6 Å². The van der Waals surface area contributed by atoms with Gasteiger partial charge in [0.25, 0.3) is 0 Å². The minimum Gasteiger partial charge on any atom is -0.300 e. The molecule has 2 nitrogen and oxygen atoms in total. The standard InChI is InChI=1S/C21H30O2/c1-13(22)17-6-7-18-16-5-4-14-12-15(23)8-10-20(14,2)19(16)9-11-21(17,18)3/h12,16-19H,4-11H2,1-3H3/t16?,17-,18+,19+,20?,21-/m1/s1. The third-order valence-corrected chi connectivity index (χ3v) is 8.45. The number of hydrogen-bond donors (Lipinski definition) is 0. The van der Waals surface area contributed by atoms with Crippen LogP contribution in [-0.2, 0) is 9.59 Å². The van der Waals surface area contributed by atoms with Gasteiger partial charge in [0.1, 0.15) is 5.78 Å². The van der Waals surface area contributed by atoms with Crippen LogP contribution in [0.25, 0.3) is 0 Å². The number of ketones is 2. The van der Waals surface area contributed by atoms with Gasteiger partial charge in [0.05, 0.1) is 0 Å². The second-order valence-corrected chi connectivity index (χ2v) is 9.25. The van der Waals surface area contributed by atoms with Crippen LogP contribution >= 0.6 is 0 Å². The highest BCUT2D eigenvalue weighted by Crippen LogP contribution is 2.66. The van der Waals surface area contributed by atoms with E-state index in [1.807, 2.05) is 6.08 Å². The summed E-state index contributed by atoms with van der Waals surface area (Å²) in [6.07, 6.45) is 10.9. The van der Waals surface area contributed by atoms with Crippen LogP contribution in [0.15, 0.2) is 11.6 Å². The largest absolute Gasteiger partial charge is 0.300 e. The molecule has 0 aromatic heterocycles. The van der Waals surface area contributed by atoms with Gasteiger partial charge >= 0.3 is 0 Å². The highest BCUT2D eigenvalue weighted by molar-refractivity contribution is 5.91. The van der Waals surface area contributed by atoms with Crippen molar-refractivity contribution in [1.82, 2.24) is 0 Å². The zero-order valence-electron chi connectivity index (χ0n) is 14.9. The van der Waals surface area contributed by atoms with Gasteiger partial charge in [0.2, 0.25) is 0 Å². The molecule has 0 radical (unpaired) electrons. The van der Waals surface area contributed by atoms with Crippen LogP contribution in [0.3, 0.4) is 0 Å². The van der Waals surface area contributed by atoms with Crippen molar-refractivity contribution in [2.24, 2.45) is 34.5 Å². The fourth-order valence-corrected chi connectivity index (χ4v) is 7.23. The second kappa shape index (κ2) is 5.04. The maximum Gasteiger partial charge on any atom is 0.155 e. The molecule has 0 aliphatic heterocycles. The normalized spacial score (nSPS) is 49.0. The zero-order chi connectivity index (χ0) is 16.4. The number of allylic oxidation sites excluding steroid dienone is 1. The molecule has 0 aromatic carbocycles. The zero-order valence-corrected chi connectivity index (χ0v) is 14.9. The smallest absolute Gasteiger partial charge is 0.155 e. The Balaban J connectivity index is 1.67. The third kappa shape index (κ3) is 2.06. The van der Waals surface area contributed by atoms with Crippen LogP contribution in [0.4, 0.5) is 0 Å². The van der Waals surface area contributed by atoms with E-state index >= 15 is 0 Å². The van der Waals surface area contributed by atoms with E-state index in [1.54, 1.807) is 6.92 Å². The van der Waals surface area contributed by atoms with Crippen molar-refractivity contribution in [1.29, 1.82) is 0 Å². The average Bonchev–Trinajstić information content (AvgIpc) is 2.85. The van der Waals surface area contributed by atoms with Crippen LogP contribution in [0, 0.1) is 34.5 Å². The lowest BCUT2D eigenvalue weighted by molar-refractivity contribution is -0.128. The van der Waals surface area contributed by atoms with E-state index in [2.05, 4.69) is 13.8 Å². The number of Topliss-reactive ketones (excluding diaryl/α,β-unsaturated/α-hetero) is 1. The van der Waals surface area contributed by atoms with Gasteiger partial charge in [-0.05, 0) is 86.5 Å². The predicted octanol–water partition coefficient (Wildman–Crippen LogP) is 4.72. The highest BCUT2D eigenvalue weighted by atomic mass is 16.1. The first kappa shape index (κ1) is 15.6. The molecule has 3 fully saturated rings. The van der Waals surface area contributed by atoms with E-state index in [0.717, 1.165) is 43.4 Å². The Bertz CT molecular complexity index is 589. The Morgan fingerprint density at radius 2 is 1.83 bits per heavy atom. The monoisotopic (exact) mass is 314 g/mol. The van der Waals surface area contributed by atoms with Crippen molar-refractivity contribution >= 4 is 11.6 Å². The van der Waals surface area contributed by atoms with E-state index in [0.29, 0.717) is 17.5 Å². The molecule has 4 aliphatic carbocycles. The molecule has 0 aromatic rings. The summed E-state index contributed by atoms with van der Waals surface area (Å²) in [5, 5.41) is 0. The Morgan fingerprint density at radius 1 is 1.04 bits per heavy atom. The van der Waals surface area contributed by atoms with E-state index in [1.165, 1.54) is 31.3 Å². The molecular weight excluding hydrogens is 284 g/mol. The van der Waals surface area contributed by atoms with Gasteiger partial charge in [-0.1, -0.05) is 19.4 Å². The molecule has 6 atom stereocenters. The summed E-state index contributed by atoms with van der Waals surface area (Å²) in [4.78, 5) is 24.0. The van der Waals surface area contributed by atoms with Gasteiger partial charge in [0, 0.05) is 12.3 Å². The number of fused-ring (bicyclic) bond motifs is 5. The lowest BCUT2D eigenvalue weighted by Crippen LogP contribution is -2.51. The maximum absolute atomic E-state index is 12.1. The van der Waals surface area contributed by atoms with E-state index < -0.39 is 0 Å². The van der Waals surface area contributed by atoms with E-state index in [4.69, 9.17) is 0 Å². The summed E-state index contributed by atoms with van der Waals surface area (Å²) in [5.41, 5.74) is 1.95. The van der Waals surface area contributed by atoms with E-state index in [9.17, 15) is 9.59 Å². The Hall–Kier alpha value is -0.920. The molecule has 0 bridgehead atoms. The van der Waals surface area contributed by atoms with E-state index in [-0.39, 0.29) is 10.8 Å². The van der Waals surface area contributed by atoms with Gasteiger partial charge in [-0.2, -0.15) is 0 Å². The SMILES string of the molecule is CC(=O)[C@H]1CC[C@H]2C3CCC4=CC(=O)CCC4(C)[C@H]3CC[C@]12C. The fourth-order valence-electron chi connectivity index (χ4n) is 7.23. The molecular formula is C21H30O2. The second-order valence-electron chi connectivity index (χ2n) is 9.25. The van der Waals surface area contributed by atoms with Crippen molar-refractivity contribution in [2.45, 2.75) is 72.1 Å². The Kier molecular flexibility index (Phi) is 3.42. The highest BCUT2D eigenvalue weighted by Gasteiger charge is 2.59. The summed E-state index contributed by atoms with van der Waals surface area (Å²) in [6, 6.07) is 0. The molecule has 2 heteroatoms. The van der Waals surface area contributed by atoms with Gasteiger partial charge < -0.3 is 0 Å². The first-order valence-corrected chi connectivity index (χ1v) is 9.60. The molecule has 3 saturated carbocycles. The lowest BCUT2D eigenvalue weighted by atomic mass is 9.47. The van der Waals surface area contributed by atoms with Gasteiger partial charge in [-0.25, -0.2) is 0 Å². The lowest BCUT2D eigenvalue weighted by Gasteiger charge is -2.58. The van der Waals surface area contributed by atoms with Crippen LogP contribution in [0.5, 0.6) is 0 Å².